The molecule has 5 heteroatoms. The van der Waals surface area contributed by atoms with Crippen molar-refractivity contribution in [1.29, 1.82) is 0 Å². The van der Waals surface area contributed by atoms with Crippen LogP contribution in [0.25, 0.3) is 0 Å². The Morgan fingerprint density at radius 1 is 1.48 bits per heavy atom. The summed E-state index contributed by atoms with van der Waals surface area (Å²) in [7, 11) is 0. The minimum absolute atomic E-state index is 0.00151. The first-order valence-corrected chi connectivity index (χ1v) is 8.94. The van der Waals surface area contributed by atoms with Gasteiger partial charge in [-0.3, -0.25) is 4.79 Å². The third-order valence-corrected chi connectivity index (χ3v) is 5.31. The van der Waals surface area contributed by atoms with Gasteiger partial charge in [0.1, 0.15) is 5.75 Å². The van der Waals surface area contributed by atoms with Crippen molar-refractivity contribution in [2.45, 2.75) is 38.6 Å². The Kier molecular flexibility index (Phi) is 5.44. The molecule has 0 saturated carbocycles. The van der Waals surface area contributed by atoms with Gasteiger partial charge in [-0.25, -0.2) is 0 Å². The number of para-hydroxylation sites is 1. The molecule has 2 aliphatic heterocycles. The van der Waals surface area contributed by atoms with E-state index in [1.807, 2.05) is 18.2 Å². The van der Waals surface area contributed by atoms with E-state index >= 15 is 0 Å². The molecule has 1 aromatic rings. The highest BCUT2D eigenvalue weighted by atomic mass is 35.5. The predicted octanol–water partition coefficient (Wildman–Crippen LogP) is 3.31. The summed E-state index contributed by atoms with van der Waals surface area (Å²) in [6.45, 7) is 4.91. The van der Waals surface area contributed by atoms with Gasteiger partial charge in [0, 0.05) is 18.4 Å². The maximum Gasteiger partial charge on any atom is 0.220 e. The molecular formula is C18H25ClN2O2. The van der Waals surface area contributed by atoms with Crippen molar-refractivity contribution >= 4 is 17.5 Å². The molecule has 126 valence electrons. The summed E-state index contributed by atoms with van der Waals surface area (Å²) in [5, 5.41) is 7.21. The van der Waals surface area contributed by atoms with Gasteiger partial charge in [-0.1, -0.05) is 30.7 Å². The zero-order valence-corrected chi connectivity index (χ0v) is 14.4. The van der Waals surface area contributed by atoms with Gasteiger partial charge in [0.2, 0.25) is 5.91 Å². The number of hydrogen-bond acceptors (Lipinski definition) is 3. The molecule has 1 fully saturated rings. The van der Waals surface area contributed by atoms with E-state index in [0.29, 0.717) is 29.9 Å². The van der Waals surface area contributed by atoms with E-state index in [2.05, 4.69) is 17.6 Å². The van der Waals surface area contributed by atoms with Crippen LogP contribution in [0.3, 0.4) is 0 Å². The summed E-state index contributed by atoms with van der Waals surface area (Å²) in [6, 6.07) is 5.72. The molecule has 1 aromatic carbocycles. The molecule has 0 bridgehead atoms. The van der Waals surface area contributed by atoms with Crippen LogP contribution >= 0.6 is 11.6 Å². The van der Waals surface area contributed by atoms with Crippen molar-refractivity contribution in [3.63, 3.8) is 0 Å². The molecule has 2 N–H and O–H groups in total. The lowest BCUT2D eigenvalue weighted by atomic mass is 9.85. The van der Waals surface area contributed by atoms with Crippen LogP contribution in [0.4, 0.5) is 0 Å². The predicted molar refractivity (Wildman–Crippen MR) is 91.8 cm³/mol. The van der Waals surface area contributed by atoms with E-state index in [1.54, 1.807) is 0 Å². The van der Waals surface area contributed by atoms with Crippen molar-refractivity contribution in [1.82, 2.24) is 10.6 Å². The van der Waals surface area contributed by atoms with Crippen molar-refractivity contribution in [3.05, 3.63) is 28.8 Å². The number of amides is 1. The number of carbonyl (C=O) groups is 1. The number of benzene rings is 1. The largest absolute Gasteiger partial charge is 0.492 e. The van der Waals surface area contributed by atoms with Gasteiger partial charge in [0.25, 0.3) is 0 Å². The van der Waals surface area contributed by atoms with Crippen molar-refractivity contribution in [2.75, 3.05) is 19.7 Å². The lowest BCUT2D eigenvalue weighted by Crippen LogP contribution is -2.37. The molecule has 0 spiro atoms. The average Bonchev–Trinajstić information content (AvgIpc) is 2.56. The highest BCUT2D eigenvalue weighted by Gasteiger charge is 2.27. The van der Waals surface area contributed by atoms with Crippen LogP contribution in [-0.4, -0.2) is 25.6 Å². The number of ether oxygens (including phenoxy) is 1. The normalized spacial score (nSPS) is 25.1. The fourth-order valence-electron chi connectivity index (χ4n) is 3.61. The molecule has 2 aliphatic rings. The quantitative estimate of drug-likeness (QED) is 0.887. The standard InChI is InChI=1S/C18H25ClN2O2/c1-12(13-4-3-8-20-11-13)10-17(22)21-16-7-9-23-18-14(16)5-2-6-15(18)19/h2,5-6,12-13,16,20H,3-4,7-11H2,1H3,(H,21,22). The SMILES string of the molecule is CC(CC(=O)NC1CCOc2c(Cl)cccc21)C1CCCNC1. The van der Waals surface area contributed by atoms with Crippen molar-refractivity contribution in [2.24, 2.45) is 11.8 Å². The highest BCUT2D eigenvalue weighted by Crippen LogP contribution is 2.37. The summed E-state index contributed by atoms with van der Waals surface area (Å²) < 4.78 is 5.65. The summed E-state index contributed by atoms with van der Waals surface area (Å²) in [5.41, 5.74) is 0.990. The van der Waals surface area contributed by atoms with Crippen LogP contribution in [0.2, 0.25) is 5.02 Å². The molecule has 3 unspecified atom stereocenters. The summed E-state index contributed by atoms with van der Waals surface area (Å²) in [4.78, 5) is 12.5. The summed E-state index contributed by atoms with van der Waals surface area (Å²) in [6.07, 6.45) is 3.80. The topological polar surface area (TPSA) is 50.4 Å². The molecule has 0 aromatic heterocycles. The van der Waals surface area contributed by atoms with Gasteiger partial charge in [-0.05, 0) is 43.8 Å². The number of fused-ring (bicyclic) bond motifs is 1. The second-order valence-electron chi connectivity index (χ2n) is 6.70. The van der Waals surface area contributed by atoms with Gasteiger partial charge in [0.15, 0.2) is 0 Å². The Hall–Kier alpha value is -1.26. The van der Waals surface area contributed by atoms with Crippen molar-refractivity contribution in [3.8, 4) is 5.75 Å². The van der Waals surface area contributed by atoms with E-state index in [0.717, 1.165) is 30.8 Å². The Balaban J connectivity index is 1.59. The van der Waals surface area contributed by atoms with E-state index in [1.165, 1.54) is 12.8 Å². The van der Waals surface area contributed by atoms with Crippen LogP contribution < -0.4 is 15.4 Å². The number of piperidine rings is 1. The Labute approximate surface area is 142 Å². The van der Waals surface area contributed by atoms with E-state index in [4.69, 9.17) is 16.3 Å². The zero-order valence-electron chi connectivity index (χ0n) is 13.6. The first-order valence-electron chi connectivity index (χ1n) is 8.56. The lowest BCUT2D eigenvalue weighted by Gasteiger charge is -2.30. The summed E-state index contributed by atoms with van der Waals surface area (Å²) >= 11 is 6.19. The fraction of sp³-hybridized carbons (Fsp3) is 0.611. The fourth-order valence-corrected chi connectivity index (χ4v) is 3.85. The van der Waals surface area contributed by atoms with Gasteiger partial charge in [-0.2, -0.15) is 0 Å². The smallest absolute Gasteiger partial charge is 0.220 e. The number of carbonyl (C=O) groups excluding carboxylic acids is 1. The molecule has 1 amide bonds. The van der Waals surface area contributed by atoms with Crippen LogP contribution in [0, 0.1) is 11.8 Å². The Morgan fingerprint density at radius 2 is 2.35 bits per heavy atom. The number of hydrogen-bond donors (Lipinski definition) is 2. The Morgan fingerprint density at radius 3 is 3.13 bits per heavy atom. The van der Waals surface area contributed by atoms with E-state index in [-0.39, 0.29) is 11.9 Å². The molecule has 3 rings (SSSR count). The van der Waals surface area contributed by atoms with E-state index < -0.39 is 0 Å². The third kappa shape index (κ3) is 3.99. The average molecular weight is 337 g/mol. The monoisotopic (exact) mass is 336 g/mol. The molecule has 3 atom stereocenters. The maximum atomic E-state index is 12.5. The first-order chi connectivity index (χ1) is 11.1. The van der Waals surface area contributed by atoms with Gasteiger partial charge in [-0.15, -0.1) is 0 Å². The number of halogens is 1. The summed E-state index contributed by atoms with van der Waals surface area (Å²) in [5.74, 6) is 1.85. The molecule has 2 heterocycles. The van der Waals surface area contributed by atoms with Crippen LogP contribution in [-0.2, 0) is 4.79 Å². The molecule has 0 aliphatic carbocycles. The van der Waals surface area contributed by atoms with Crippen LogP contribution in [0.1, 0.15) is 44.2 Å². The highest BCUT2D eigenvalue weighted by molar-refractivity contribution is 6.32. The minimum Gasteiger partial charge on any atom is -0.492 e. The molecule has 4 nitrogen and oxygen atoms in total. The number of rotatable bonds is 4. The van der Waals surface area contributed by atoms with Crippen molar-refractivity contribution < 1.29 is 9.53 Å². The molecular weight excluding hydrogens is 312 g/mol. The van der Waals surface area contributed by atoms with Crippen LogP contribution in [0.15, 0.2) is 18.2 Å². The maximum absolute atomic E-state index is 12.5. The minimum atomic E-state index is 0.00151. The van der Waals surface area contributed by atoms with E-state index in [9.17, 15) is 4.79 Å². The zero-order chi connectivity index (χ0) is 16.2. The second kappa shape index (κ2) is 7.54. The molecule has 23 heavy (non-hydrogen) atoms. The second-order valence-corrected chi connectivity index (χ2v) is 7.11. The van der Waals surface area contributed by atoms with Gasteiger partial charge in [0.05, 0.1) is 17.7 Å². The molecule has 0 radical (unpaired) electrons. The Bertz CT molecular complexity index is 558. The van der Waals surface area contributed by atoms with Gasteiger partial charge >= 0.3 is 0 Å². The first kappa shape index (κ1) is 16.6. The van der Waals surface area contributed by atoms with Crippen LogP contribution in [0.5, 0.6) is 5.75 Å². The lowest BCUT2D eigenvalue weighted by molar-refractivity contribution is -0.123. The third-order valence-electron chi connectivity index (χ3n) is 5.01. The van der Waals surface area contributed by atoms with Gasteiger partial charge < -0.3 is 15.4 Å². The molecule has 1 saturated heterocycles. The number of nitrogens with one attached hydrogen (secondary N) is 2.